The van der Waals surface area contributed by atoms with Crippen molar-refractivity contribution in [1.29, 1.82) is 10.5 Å². The molecule has 3 rings (SSSR count). The number of hydrogen-bond donors (Lipinski definition) is 1. The number of allylic oxidation sites excluding steroid dienone is 1. The highest BCUT2D eigenvalue weighted by Gasteiger charge is 2.18. The van der Waals surface area contributed by atoms with Crippen molar-refractivity contribution in [3.05, 3.63) is 75.7 Å². The summed E-state index contributed by atoms with van der Waals surface area (Å²) < 4.78 is 14.0. The Morgan fingerprint density at radius 2 is 1.82 bits per heavy atom. The first-order valence-electron chi connectivity index (χ1n) is 9.86. The molecule has 0 bridgehead atoms. The average Bonchev–Trinajstić information content (AvgIpc) is 3.04. The molecule has 0 aliphatic heterocycles. The van der Waals surface area contributed by atoms with Crippen molar-refractivity contribution in [3.63, 3.8) is 0 Å². The molecular formula is C24H21N5O4. The average molecular weight is 443 g/mol. The minimum Gasteiger partial charge on any atom is -0.493 e. The number of ether oxygens (including phenoxy) is 2. The zero-order valence-corrected chi connectivity index (χ0v) is 18.3. The van der Waals surface area contributed by atoms with Gasteiger partial charge in [0.1, 0.15) is 23.4 Å². The van der Waals surface area contributed by atoms with Crippen LogP contribution in [0.3, 0.4) is 0 Å². The zero-order chi connectivity index (χ0) is 24.0. The van der Waals surface area contributed by atoms with Crippen LogP contribution in [0.1, 0.15) is 11.3 Å². The topological polar surface area (TPSA) is 122 Å². The van der Waals surface area contributed by atoms with Crippen LogP contribution in [0.2, 0.25) is 0 Å². The molecule has 33 heavy (non-hydrogen) atoms. The van der Waals surface area contributed by atoms with Gasteiger partial charge in [0.15, 0.2) is 18.1 Å². The Bertz CT molecular complexity index is 1340. The number of carbonyl (C=O) groups is 1. The minimum atomic E-state index is -0.511. The molecule has 0 saturated carbocycles. The number of nitrogens with one attached hydrogen (secondary N) is 1. The molecule has 1 aromatic heterocycles. The largest absolute Gasteiger partial charge is 0.493 e. The third-order valence-corrected chi connectivity index (χ3v) is 4.92. The van der Waals surface area contributed by atoms with Gasteiger partial charge in [0.25, 0.3) is 11.5 Å². The van der Waals surface area contributed by atoms with E-state index in [0.29, 0.717) is 28.4 Å². The van der Waals surface area contributed by atoms with E-state index in [2.05, 4.69) is 5.32 Å². The molecule has 3 aromatic rings. The van der Waals surface area contributed by atoms with E-state index in [9.17, 15) is 9.59 Å². The molecule has 0 saturated heterocycles. The van der Waals surface area contributed by atoms with Crippen LogP contribution in [0.4, 0.5) is 5.69 Å². The summed E-state index contributed by atoms with van der Waals surface area (Å²) in [5, 5.41) is 20.4. The molecule has 1 heterocycles. The molecule has 166 valence electrons. The quantitative estimate of drug-likeness (QED) is 0.560. The molecule has 2 aromatic carbocycles. The summed E-state index contributed by atoms with van der Waals surface area (Å²) in [5.41, 5.74) is 1.61. The van der Waals surface area contributed by atoms with E-state index in [0.717, 1.165) is 0 Å². The number of amides is 1. The Morgan fingerprint density at radius 1 is 1.12 bits per heavy atom. The van der Waals surface area contributed by atoms with Gasteiger partial charge in [0.2, 0.25) is 0 Å². The van der Waals surface area contributed by atoms with Crippen LogP contribution >= 0.6 is 0 Å². The minimum absolute atomic E-state index is 0.0514. The molecule has 0 spiro atoms. The maximum atomic E-state index is 12.9. The van der Waals surface area contributed by atoms with E-state index < -0.39 is 5.91 Å². The number of rotatable bonds is 7. The summed E-state index contributed by atoms with van der Waals surface area (Å²) in [6.07, 6.45) is 1.41. The molecule has 0 aliphatic rings. The third kappa shape index (κ3) is 4.94. The number of nitriles is 2. The smallest absolute Gasteiger partial charge is 0.295 e. The number of benzene rings is 2. The maximum absolute atomic E-state index is 12.9. The Morgan fingerprint density at radius 3 is 2.45 bits per heavy atom. The first-order valence-corrected chi connectivity index (χ1v) is 9.86. The molecular weight excluding hydrogens is 422 g/mol. The summed E-state index contributed by atoms with van der Waals surface area (Å²) >= 11 is 0. The number of aromatic nitrogens is 2. The van der Waals surface area contributed by atoms with Gasteiger partial charge in [-0.2, -0.15) is 10.5 Å². The van der Waals surface area contributed by atoms with Gasteiger partial charge in [0, 0.05) is 7.05 Å². The molecule has 9 heteroatoms. The third-order valence-electron chi connectivity index (χ3n) is 4.92. The second-order valence-electron chi connectivity index (χ2n) is 6.97. The predicted molar refractivity (Wildman–Crippen MR) is 122 cm³/mol. The van der Waals surface area contributed by atoms with Crippen molar-refractivity contribution in [2.75, 3.05) is 19.0 Å². The van der Waals surface area contributed by atoms with Gasteiger partial charge in [-0.25, -0.2) is 4.68 Å². The number of anilines is 1. The number of nitrogens with zero attached hydrogens (tertiary/aromatic N) is 4. The lowest BCUT2D eigenvalue weighted by atomic mass is 10.1. The first-order chi connectivity index (χ1) is 15.9. The van der Waals surface area contributed by atoms with Crippen molar-refractivity contribution in [2.45, 2.75) is 6.92 Å². The molecule has 0 fully saturated rings. The summed E-state index contributed by atoms with van der Waals surface area (Å²) in [6, 6.07) is 17.5. The van der Waals surface area contributed by atoms with Crippen molar-refractivity contribution in [1.82, 2.24) is 9.36 Å². The SMILES string of the molecule is COc1cc(C=C(C#N)C#N)ccc1OCC(=O)Nc1c(C)n(C)n(-c2ccccc2)c1=O. The van der Waals surface area contributed by atoms with Gasteiger partial charge in [-0.1, -0.05) is 24.3 Å². The Hall–Kier alpha value is -4.76. The molecule has 1 N–H and O–H groups in total. The van der Waals surface area contributed by atoms with E-state index >= 15 is 0 Å². The van der Waals surface area contributed by atoms with Gasteiger partial charge < -0.3 is 14.8 Å². The Kier molecular flexibility index (Phi) is 6.97. The molecule has 0 radical (unpaired) electrons. The standard InChI is InChI=1S/C24H21N5O4/c1-16-23(24(31)29(28(16)2)19-7-5-4-6-8-19)27-22(30)15-33-20-10-9-17(12-21(20)32-3)11-18(13-25)14-26/h4-12H,15H2,1-3H3,(H,27,30). The fourth-order valence-corrected chi connectivity index (χ4v) is 3.18. The lowest BCUT2D eigenvalue weighted by molar-refractivity contribution is -0.118. The first kappa shape index (κ1) is 22.9. The van der Waals surface area contributed by atoms with Gasteiger partial charge in [-0.3, -0.25) is 14.3 Å². The van der Waals surface area contributed by atoms with Crippen molar-refractivity contribution in [3.8, 4) is 29.3 Å². The van der Waals surface area contributed by atoms with E-state index in [1.54, 1.807) is 61.1 Å². The molecule has 1 amide bonds. The van der Waals surface area contributed by atoms with Crippen LogP contribution in [0, 0.1) is 29.6 Å². The normalized spacial score (nSPS) is 9.97. The van der Waals surface area contributed by atoms with E-state index in [1.807, 2.05) is 18.2 Å². The Balaban J connectivity index is 1.76. The lowest BCUT2D eigenvalue weighted by Gasteiger charge is -2.11. The number of carbonyl (C=O) groups excluding carboxylic acids is 1. The van der Waals surface area contributed by atoms with Crippen molar-refractivity contribution < 1.29 is 14.3 Å². The van der Waals surface area contributed by atoms with Crippen LogP contribution in [-0.4, -0.2) is 29.0 Å². The van der Waals surface area contributed by atoms with Gasteiger partial charge in [0.05, 0.1) is 18.5 Å². The monoisotopic (exact) mass is 443 g/mol. The predicted octanol–water partition coefficient (Wildman–Crippen LogP) is 2.94. The summed E-state index contributed by atoms with van der Waals surface area (Å²) in [7, 11) is 3.17. The lowest BCUT2D eigenvalue weighted by Crippen LogP contribution is -2.25. The highest BCUT2D eigenvalue weighted by atomic mass is 16.5. The number of hydrogen-bond acceptors (Lipinski definition) is 6. The van der Waals surface area contributed by atoms with Crippen molar-refractivity contribution >= 4 is 17.7 Å². The molecule has 0 atom stereocenters. The van der Waals surface area contributed by atoms with Gasteiger partial charge in [-0.15, -0.1) is 0 Å². The summed E-state index contributed by atoms with van der Waals surface area (Å²) in [4.78, 5) is 25.4. The second-order valence-corrected chi connectivity index (χ2v) is 6.97. The summed E-state index contributed by atoms with van der Waals surface area (Å²) in [5.74, 6) is 0.115. The highest BCUT2D eigenvalue weighted by Crippen LogP contribution is 2.29. The fraction of sp³-hybridized carbons (Fsp3) is 0.167. The Labute approximate surface area is 190 Å². The van der Waals surface area contributed by atoms with Crippen LogP contribution in [0.15, 0.2) is 58.9 Å². The van der Waals surface area contributed by atoms with Crippen LogP contribution in [0.25, 0.3) is 11.8 Å². The van der Waals surface area contributed by atoms with E-state index in [1.165, 1.54) is 17.9 Å². The van der Waals surface area contributed by atoms with E-state index in [-0.39, 0.29) is 23.4 Å². The van der Waals surface area contributed by atoms with Crippen LogP contribution in [0.5, 0.6) is 11.5 Å². The fourth-order valence-electron chi connectivity index (χ4n) is 3.18. The van der Waals surface area contributed by atoms with Gasteiger partial charge >= 0.3 is 0 Å². The molecule has 0 aliphatic carbocycles. The van der Waals surface area contributed by atoms with Gasteiger partial charge in [-0.05, 0) is 42.8 Å². The maximum Gasteiger partial charge on any atom is 0.295 e. The van der Waals surface area contributed by atoms with E-state index in [4.69, 9.17) is 20.0 Å². The van der Waals surface area contributed by atoms with Crippen molar-refractivity contribution in [2.24, 2.45) is 7.05 Å². The second kappa shape index (κ2) is 10.0. The molecule has 0 unspecified atom stereocenters. The molecule has 9 nitrogen and oxygen atoms in total. The number of methoxy groups -OCH3 is 1. The zero-order valence-electron chi connectivity index (χ0n) is 18.3. The summed E-state index contributed by atoms with van der Waals surface area (Å²) in [6.45, 7) is 1.38. The number of para-hydroxylation sites is 1. The highest BCUT2D eigenvalue weighted by molar-refractivity contribution is 5.92. The van der Waals surface area contributed by atoms with Crippen LogP contribution in [-0.2, 0) is 11.8 Å². The van der Waals surface area contributed by atoms with Crippen LogP contribution < -0.4 is 20.3 Å².